The molecule has 0 bridgehead atoms. The summed E-state index contributed by atoms with van der Waals surface area (Å²) >= 11 is 1.66. The normalized spacial score (nSPS) is 15.5. The highest BCUT2D eigenvalue weighted by molar-refractivity contribution is 7.98. The molecule has 1 aromatic heterocycles. The molecule has 0 radical (unpaired) electrons. The number of thioether (sulfide) groups is 1. The zero-order chi connectivity index (χ0) is 16.9. The van der Waals surface area contributed by atoms with Gasteiger partial charge in [0.2, 0.25) is 0 Å². The Labute approximate surface area is 145 Å². The van der Waals surface area contributed by atoms with Crippen LogP contribution in [-0.4, -0.2) is 60.5 Å². The number of Topliss-reactive ketones (excluding diaryl/α,β-unsaturated/α-hetero) is 1. The molecule has 2 aromatic rings. The Morgan fingerprint density at radius 2 is 1.79 bits per heavy atom. The number of furan rings is 1. The molecule has 0 N–H and O–H groups in total. The lowest BCUT2D eigenvalue weighted by atomic mass is 10.1. The van der Waals surface area contributed by atoms with E-state index in [0.717, 1.165) is 10.5 Å². The van der Waals surface area contributed by atoms with Crippen LogP contribution in [0, 0.1) is 0 Å². The van der Waals surface area contributed by atoms with Crippen LogP contribution in [0.25, 0.3) is 0 Å². The van der Waals surface area contributed by atoms with E-state index in [1.165, 1.54) is 6.26 Å². The van der Waals surface area contributed by atoms with Gasteiger partial charge in [-0.1, -0.05) is 12.1 Å². The first kappa shape index (κ1) is 16.8. The predicted octanol–water partition coefficient (Wildman–Crippen LogP) is 2.64. The Bertz CT molecular complexity index is 690. The van der Waals surface area contributed by atoms with Gasteiger partial charge in [0, 0.05) is 36.6 Å². The Balaban J connectivity index is 1.51. The molecule has 0 aliphatic carbocycles. The van der Waals surface area contributed by atoms with Crippen molar-refractivity contribution in [3.8, 4) is 0 Å². The highest BCUT2D eigenvalue weighted by Crippen LogP contribution is 2.16. The van der Waals surface area contributed by atoms with Gasteiger partial charge in [-0.2, -0.15) is 0 Å². The lowest BCUT2D eigenvalue weighted by Gasteiger charge is -2.33. The summed E-state index contributed by atoms with van der Waals surface area (Å²) in [5.41, 5.74) is 0.738. The molecule has 0 saturated carbocycles. The number of ketones is 1. The quantitative estimate of drug-likeness (QED) is 0.616. The Hall–Kier alpha value is -2.05. The molecule has 1 fully saturated rings. The fraction of sp³-hybridized carbons (Fsp3) is 0.333. The van der Waals surface area contributed by atoms with Gasteiger partial charge in [0.05, 0.1) is 12.8 Å². The second-order valence-electron chi connectivity index (χ2n) is 5.70. The smallest absolute Gasteiger partial charge is 0.289 e. The zero-order valence-corrected chi connectivity index (χ0v) is 14.4. The van der Waals surface area contributed by atoms with Crippen LogP contribution in [0.5, 0.6) is 0 Å². The van der Waals surface area contributed by atoms with E-state index in [0.29, 0.717) is 38.5 Å². The third kappa shape index (κ3) is 3.88. The van der Waals surface area contributed by atoms with Crippen molar-refractivity contribution in [2.75, 3.05) is 39.0 Å². The van der Waals surface area contributed by atoms with Crippen molar-refractivity contribution in [2.45, 2.75) is 4.90 Å². The zero-order valence-electron chi connectivity index (χ0n) is 13.6. The number of benzene rings is 1. The molecule has 1 aromatic carbocycles. The SMILES string of the molecule is CSc1ccc(C(=O)CN2CCN(C(=O)c3ccco3)CC2)cc1. The average molecular weight is 344 g/mol. The molecule has 6 heteroatoms. The molecule has 0 atom stereocenters. The van der Waals surface area contributed by atoms with Crippen LogP contribution in [-0.2, 0) is 0 Å². The summed E-state index contributed by atoms with van der Waals surface area (Å²) < 4.78 is 5.16. The van der Waals surface area contributed by atoms with Crippen LogP contribution in [0.2, 0.25) is 0 Å². The summed E-state index contributed by atoms with van der Waals surface area (Å²) in [5.74, 6) is 0.403. The van der Waals surface area contributed by atoms with Crippen molar-refractivity contribution < 1.29 is 14.0 Å². The summed E-state index contributed by atoms with van der Waals surface area (Å²) in [6.45, 7) is 3.00. The highest BCUT2D eigenvalue weighted by atomic mass is 32.2. The molecular formula is C18H20N2O3S. The minimum absolute atomic E-state index is 0.0846. The van der Waals surface area contributed by atoms with Crippen molar-refractivity contribution in [1.82, 2.24) is 9.80 Å². The number of amides is 1. The lowest BCUT2D eigenvalue weighted by molar-refractivity contribution is 0.0596. The summed E-state index contributed by atoms with van der Waals surface area (Å²) in [4.78, 5) is 29.6. The average Bonchev–Trinajstić information content (AvgIpc) is 3.16. The molecule has 1 aliphatic rings. The molecule has 5 nitrogen and oxygen atoms in total. The first-order valence-corrected chi connectivity index (χ1v) is 9.12. The standard InChI is InChI=1S/C18H20N2O3S/c1-24-15-6-4-14(5-7-15)16(21)13-19-8-10-20(11-9-19)18(22)17-3-2-12-23-17/h2-7,12H,8-11,13H2,1H3. The third-order valence-electron chi connectivity index (χ3n) is 4.17. The monoisotopic (exact) mass is 344 g/mol. The second-order valence-corrected chi connectivity index (χ2v) is 6.58. The first-order valence-electron chi connectivity index (χ1n) is 7.90. The maximum atomic E-state index is 12.4. The minimum atomic E-state index is -0.0846. The van der Waals surface area contributed by atoms with Gasteiger partial charge in [-0.3, -0.25) is 14.5 Å². The Kier molecular flexibility index (Phi) is 5.37. The molecule has 3 rings (SSSR count). The second kappa shape index (κ2) is 7.68. The van der Waals surface area contributed by atoms with Gasteiger partial charge >= 0.3 is 0 Å². The third-order valence-corrected chi connectivity index (χ3v) is 4.91. The summed E-state index contributed by atoms with van der Waals surface area (Å²) in [5, 5.41) is 0. The maximum Gasteiger partial charge on any atom is 0.289 e. The van der Waals surface area contributed by atoms with Crippen LogP contribution in [0.15, 0.2) is 52.0 Å². The summed E-state index contributed by atoms with van der Waals surface area (Å²) in [7, 11) is 0. The van der Waals surface area contributed by atoms with Crippen LogP contribution in [0.1, 0.15) is 20.9 Å². The van der Waals surface area contributed by atoms with Gasteiger partial charge in [0.25, 0.3) is 5.91 Å². The van der Waals surface area contributed by atoms with E-state index >= 15 is 0 Å². The molecule has 1 saturated heterocycles. The molecule has 1 amide bonds. The topological polar surface area (TPSA) is 53.8 Å². The van der Waals surface area contributed by atoms with E-state index in [-0.39, 0.29) is 11.7 Å². The molecular weight excluding hydrogens is 324 g/mol. The number of carbonyl (C=O) groups excluding carboxylic acids is 2. The van der Waals surface area contributed by atoms with E-state index < -0.39 is 0 Å². The number of hydrogen-bond donors (Lipinski definition) is 0. The van der Waals surface area contributed by atoms with Crippen LogP contribution in [0.4, 0.5) is 0 Å². The van der Waals surface area contributed by atoms with E-state index in [9.17, 15) is 9.59 Å². The fourth-order valence-electron chi connectivity index (χ4n) is 2.74. The minimum Gasteiger partial charge on any atom is -0.459 e. The van der Waals surface area contributed by atoms with Crippen LogP contribution >= 0.6 is 11.8 Å². The molecule has 24 heavy (non-hydrogen) atoms. The van der Waals surface area contributed by atoms with Crippen LogP contribution in [0.3, 0.4) is 0 Å². The molecule has 0 spiro atoms. The van der Waals surface area contributed by atoms with Crippen molar-refractivity contribution in [3.63, 3.8) is 0 Å². The van der Waals surface area contributed by atoms with Gasteiger partial charge in [0.15, 0.2) is 11.5 Å². The Morgan fingerprint density at radius 1 is 1.08 bits per heavy atom. The Morgan fingerprint density at radius 3 is 2.38 bits per heavy atom. The molecule has 1 aliphatic heterocycles. The van der Waals surface area contributed by atoms with E-state index in [1.807, 2.05) is 30.5 Å². The summed E-state index contributed by atoms with van der Waals surface area (Å²) in [6, 6.07) is 11.1. The van der Waals surface area contributed by atoms with Crippen molar-refractivity contribution in [1.29, 1.82) is 0 Å². The first-order chi connectivity index (χ1) is 11.7. The predicted molar refractivity (Wildman–Crippen MR) is 93.6 cm³/mol. The maximum absolute atomic E-state index is 12.4. The van der Waals surface area contributed by atoms with Crippen molar-refractivity contribution in [2.24, 2.45) is 0 Å². The van der Waals surface area contributed by atoms with E-state index in [4.69, 9.17) is 4.42 Å². The number of nitrogens with zero attached hydrogens (tertiary/aromatic N) is 2. The van der Waals surface area contributed by atoms with Crippen molar-refractivity contribution >= 4 is 23.5 Å². The molecule has 0 unspecified atom stereocenters. The molecule has 2 heterocycles. The molecule has 126 valence electrons. The number of carbonyl (C=O) groups is 2. The van der Waals surface area contributed by atoms with Gasteiger partial charge < -0.3 is 9.32 Å². The number of rotatable bonds is 5. The van der Waals surface area contributed by atoms with Gasteiger partial charge in [-0.25, -0.2) is 0 Å². The number of piperazine rings is 1. The van der Waals surface area contributed by atoms with Gasteiger partial charge in [0.1, 0.15) is 0 Å². The van der Waals surface area contributed by atoms with E-state index in [2.05, 4.69) is 4.90 Å². The highest BCUT2D eigenvalue weighted by Gasteiger charge is 2.24. The van der Waals surface area contributed by atoms with E-state index in [1.54, 1.807) is 28.8 Å². The van der Waals surface area contributed by atoms with Gasteiger partial charge in [-0.15, -0.1) is 11.8 Å². The fourth-order valence-corrected chi connectivity index (χ4v) is 3.14. The van der Waals surface area contributed by atoms with Crippen molar-refractivity contribution in [3.05, 3.63) is 54.0 Å². The number of hydrogen-bond acceptors (Lipinski definition) is 5. The van der Waals surface area contributed by atoms with Crippen LogP contribution < -0.4 is 0 Å². The largest absolute Gasteiger partial charge is 0.459 e. The van der Waals surface area contributed by atoms with Gasteiger partial charge in [-0.05, 0) is 30.5 Å². The summed E-state index contributed by atoms with van der Waals surface area (Å²) in [6.07, 6.45) is 3.52. The lowest BCUT2D eigenvalue weighted by Crippen LogP contribution is -2.49.